The molecule has 1 fully saturated rings. The molecule has 2 aliphatic rings. The fraction of sp³-hybridized carbons (Fsp3) is 0.684. The topological polar surface area (TPSA) is 59.0 Å². The lowest BCUT2D eigenvalue weighted by molar-refractivity contribution is 0.0711. The molecule has 0 radical (unpaired) electrons. The fourth-order valence-electron chi connectivity index (χ4n) is 3.87. The highest BCUT2D eigenvalue weighted by Gasteiger charge is 2.27. The molecule has 3 heterocycles. The maximum absolute atomic E-state index is 5.87. The van der Waals surface area contributed by atoms with Crippen molar-refractivity contribution in [3.05, 3.63) is 35.2 Å². The summed E-state index contributed by atoms with van der Waals surface area (Å²) in [6.07, 6.45) is 7.10. The number of rotatable bonds is 7. The fourth-order valence-corrected chi connectivity index (χ4v) is 3.87. The van der Waals surface area contributed by atoms with E-state index in [-0.39, 0.29) is 0 Å². The predicted octanol–water partition coefficient (Wildman–Crippen LogP) is 2.85. The Hall–Kier alpha value is -1.66. The first-order valence-corrected chi connectivity index (χ1v) is 9.57. The zero-order valence-corrected chi connectivity index (χ0v) is 15.4. The minimum Gasteiger partial charge on any atom is -0.381 e. The lowest BCUT2D eigenvalue weighted by Gasteiger charge is -2.34. The summed E-state index contributed by atoms with van der Waals surface area (Å²) >= 11 is 0. The second-order valence-electron chi connectivity index (χ2n) is 7.57. The molecule has 1 N–H and O–H groups in total. The Morgan fingerprint density at radius 1 is 1.32 bits per heavy atom. The minimum atomic E-state index is 0.315. The molecule has 1 saturated carbocycles. The van der Waals surface area contributed by atoms with Crippen molar-refractivity contribution in [1.82, 2.24) is 24.6 Å². The van der Waals surface area contributed by atoms with Crippen LogP contribution in [0.5, 0.6) is 0 Å². The summed E-state index contributed by atoms with van der Waals surface area (Å²) in [7, 11) is 0. The van der Waals surface area contributed by atoms with Crippen LogP contribution in [0.1, 0.15) is 55.1 Å². The van der Waals surface area contributed by atoms with E-state index in [2.05, 4.69) is 32.7 Å². The normalized spacial score (nSPS) is 21.3. The van der Waals surface area contributed by atoms with Crippen LogP contribution in [0.15, 0.2) is 12.3 Å². The first-order valence-electron chi connectivity index (χ1n) is 9.57. The minimum absolute atomic E-state index is 0.315. The third kappa shape index (κ3) is 3.65. The Bertz CT molecular complexity index is 702. The van der Waals surface area contributed by atoms with Crippen LogP contribution in [0.25, 0.3) is 0 Å². The van der Waals surface area contributed by atoms with Crippen LogP contribution in [-0.2, 0) is 24.2 Å². The van der Waals surface area contributed by atoms with Gasteiger partial charge in [-0.3, -0.25) is 10.00 Å². The number of fused-ring (bicyclic) bond motifs is 1. The molecule has 2 aromatic heterocycles. The molecule has 1 aliphatic heterocycles. The van der Waals surface area contributed by atoms with Crippen molar-refractivity contribution in [2.24, 2.45) is 5.92 Å². The Kier molecular flexibility index (Phi) is 4.90. The van der Waals surface area contributed by atoms with Crippen molar-refractivity contribution in [1.29, 1.82) is 0 Å². The van der Waals surface area contributed by atoms with Crippen LogP contribution < -0.4 is 0 Å². The van der Waals surface area contributed by atoms with Gasteiger partial charge in [0.05, 0.1) is 18.3 Å². The molecule has 2 aromatic rings. The number of nitrogens with one attached hydrogen (secondary N) is 1. The molecular weight excluding hydrogens is 314 g/mol. The molecule has 1 aliphatic carbocycles. The second kappa shape index (κ2) is 7.30. The average Bonchev–Trinajstić information content (AvgIpc) is 3.15. The first-order chi connectivity index (χ1) is 12.2. The van der Waals surface area contributed by atoms with Crippen LogP contribution >= 0.6 is 0 Å². The van der Waals surface area contributed by atoms with Crippen molar-refractivity contribution >= 4 is 0 Å². The maximum Gasteiger partial charge on any atom is 0.126 e. The SMILES string of the molecule is Cc1cc(CN2CCn3c(CCOCC4CCC4)cnc3[C@@H]2C)n[nH]1. The number of hydrogen-bond acceptors (Lipinski definition) is 4. The number of aromatic amines is 1. The van der Waals surface area contributed by atoms with Gasteiger partial charge in [0, 0.05) is 50.2 Å². The van der Waals surface area contributed by atoms with Gasteiger partial charge in [0.2, 0.25) is 0 Å². The van der Waals surface area contributed by atoms with E-state index in [1.807, 2.05) is 13.1 Å². The van der Waals surface area contributed by atoms with Crippen LogP contribution in [-0.4, -0.2) is 44.4 Å². The Balaban J connectivity index is 1.33. The van der Waals surface area contributed by atoms with E-state index in [1.165, 1.54) is 30.8 Å². The van der Waals surface area contributed by atoms with Crippen molar-refractivity contribution < 1.29 is 4.74 Å². The molecule has 6 heteroatoms. The molecule has 0 unspecified atom stereocenters. The molecule has 136 valence electrons. The highest BCUT2D eigenvalue weighted by atomic mass is 16.5. The van der Waals surface area contributed by atoms with E-state index in [9.17, 15) is 0 Å². The first kappa shape index (κ1) is 16.8. The van der Waals surface area contributed by atoms with E-state index in [0.29, 0.717) is 6.04 Å². The zero-order chi connectivity index (χ0) is 17.2. The van der Waals surface area contributed by atoms with Crippen molar-refractivity contribution in [2.75, 3.05) is 19.8 Å². The van der Waals surface area contributed by atoms with Crippen LogP contribution in [0.2, 0.25) is 0 Å². The van der Waals surface area contributed by atoms with E-state index < -0.39 is 0 Å². The summed E-state index contributed by atoms with van der Waals surface area (Å²) in [5.41, 5.74) is 3.53. The lowest BCUT2D eigenvalue weighted by Crippen LogP contribution is -2.37. The van der Waals surface area contributed by atoms with Crippen molar-refractivity contribution in [3.8, 4) is 0 Å². The van der Waals surface area contributed by atoms with Gasteiger partial charge in [-0.2, -0.15) is 5.10 Å². The van der Waals surface area contributed by atoms with E-state index >= 15 is 0 Å². The van der Waals surface area contributed by atoms with Gasteiger partial charge in [0.15, 0.2) is 0 Å². The number of hydrogen-bond donors (Lipinski definition) is 1. The van der Waals surface area contributed by atoms with Gasteiger partial charge in [-0.15, -0.1) is 0 Å². The molecule has 6 nitrogen and oxygen atoms in total. The van der Waals surface area contributed by atoms with Crippen LogP contribution in [0.4, 0.5) is 0 Å². The monoisotopic (exact) mass is 343 g/mol. The van der Waals surface area contributed by atoms with Gasteiger partial charge in [-0.05, 0) is 38.7 Å². The molecule has 0 aromatic carbocycles. The standard InChI is InChI=1S/C19H29N5O/c1-14-10-17(22-21-14)12-23-7-8-24-18(11-20-19(24)15(23)2)6-9-25-13-16-4-3-5-16/h10-11,15-16H,3-9,12-13H2,1-2H3,(H,21,22)/t15-/m0/s1. The summed E-state index contributed by atoms with van der Waals surface area (Å²) in [6, 6.07) is 2.44. The molecule has 0 spiro atoms. The van der Waals surface area contributed by atoms with Gasteiger partial charge in [0.25, 0.3) is 0 Å². The van der Waals surface area contributed by atoms with Crippen molar-refractivity contribution in [3.63, 3.8) is 0 Å². The largest absolute Gasteiger partial charge is 0.381 e. The Morgan fingerprint density at radius 2 is 2.20 bits per heavy atom. The Labute approximate surface area is 149 Å². The molecule has 0 saturated heterocycles. The summed E-state index contributed by atoms with van der Waals surface area (Å²) in [5, 5.41) is 7.40. The predicted molar refractivity (Wildman–Crippen MR) is 96.2 cm³/mol. The van der Waals surface area contributed by atoms with Gasteiger partial charge in [0.1, 0.15) is 5.82 Å². The maximum atomic E-state index is 5.87. The molecular formula is C19H29N5O. The summed E-state index contributed by atoms with van der Waals surface area (Å²) < 4.78 is 8.26. The third-order valence-corrected chi connectivity index (χ3v) is 5.71. The highest BCUT2D eigenvalue weighted by molar-refractivity contribution is 5.13. The van der Waals surface area contributed by atoms with Gasteiger partial charge in [-0.1, -0.05) is 6.42 Å². The Morgan fingerprint density at radius 3 is 2.92 bits per heavy atom. The molecule has 4 rings (SSSR count). The van der Waals surface area contributed by atoms with E-state index in [1.54, 1.807) is 0 Å². The van der Waals surface area contributed by atoms with Crippen LogP contribution in [0.3, 0.4) is 0 Å². The van der Waals surface area contributed by atoms with Gasteiger partial charge in [-0.25, -0.2) is 4.98 Å². The van der Waals surface area contributed by atoms with E-state index in [0.717, 1.165) is 56.6 Å². The van der Waals surface area contributed by atoms with Crippen molar-refractivity contribution in [2.45, 2.75) is 58.7 Å². The smallest absolute Gasteiger partial charge is 0.126 e. The summed E-state index contributed by atoms with van der Waals surface area (Å²) in [4.78, 5) is 7.17. The highest BCUT2D eigenvalue weighted by Crippen LogP contribution is 2.28. The van der Waals surface area contributed by atoms with Gasteiger partial charge < -0.3 is 9.30 Å². The number of imidazole rings is 1. The second-order valence-corrected chi connectivity index (χ2v) is 7.57. The average molecular weight is 343 g/mol. The molecule has 25 heavy (non-hydrogen) atoms. The number of ether oxygens (including phenoxy) is 1. The number of aryl methyl sites for hydroxylation is 1. The molecule has 0 bridgehead atoms. The van der Waals surface area contributed by atoms with Crippen LogP contribution in [0, 0.1) is 12.8 Å². The molecule has 1 atom stereocenters. The summed E-state index contributed by atoms with van der Waals surface area (Å²) in [6.45, 7) is 8.95. The quantitative estimate of drug-likeness (QED) is 0.786. The number of aromatic nitrogens is 4. The lowest BCUT2D eigenvalue weighted by atomic mass is 9.86. The summed E-state index contributed by atoms with van der Waals surface area (Å²) in [5.74, 6) is 1.99. The number of H-pyrrole nitrogens is 1. The number of nitrogens with zero attached hydrogens (tertiary/aromatic N) is 4. The van der Waals surface area contributed by atoms with Gasteiger partial charge >= 0.3 is 0 Å². The third-order valence-electron chi connectivity index (χ3n) is 5.71. The zero-order valence-electron chi connectivity index (χ0n) is 15.4. The molecule has 0 amide bonds. The van der Waals surface area contributed by atoms with E-state index in [4.69, 9.17) is 9.72 Å².